The van der Waals surface area contributed by atoms with Gasteiger partial charge in [0.1, 0.15) is 17.2 Å². The van der Waals surface area contributed by atoms with Crippen molar-refractivity contribution in [2.45, 2.75) is 25.8 Å². The van der Waals surface area contributed by atoms with Crippen molar-refractivity contribution in [2.75, 3.05) is 20.8 Å². The van der Waals surface area contributed by atoms with E-state index < -0.39 is 0 Å². The fourth-order valence-corrected chi connectivity index (χ4v) is 4.20. The number of nitrogens with zero attached hydrogens (tertiary/aromatic N) is 4. The molecular weight excluding hydrogens is 484 g/mol. The maximum atomic E-state index is 13.3. The first-order valence-electron chi connectivity index (χ1n) is 12.3. The molecule has 1 unspecified atom stereocenters. The monoisotopic (exact) mass is 512 g/mol. The Morgan fingerprint density at radius 3 is 2.08 bits per heavy atom. The first kappa shape index (κ1) is 25.0. The summed E-state index contributed by atoms with van der Waals surface area (Å²) in [6.45, 7) is 1.79. The number of aromatic nitrogens is 2. The molecule has 1 atom stereocenters. The molecule has 3 aromatic carbocycles. The summed E-state index contributed by atoms with van der Waals surface area (Å²) in [5.74, 6) is 2.84. The minimum absolute atomic E-state index is 0.161. The van der Waals surface area contributed by atoms with Crippen LogP contribution in [0, 0.1) is 0 Å². The highest BCUT2D eigenvalue weighted by Gasteiger charge is 2.33. The van der Waals surface area contributed by atoms with Gasteiger partial charge in [-0.05, 0) is 71.8 Å². The molecule has 0 bridgehead atoms. The van der Waals surface area contributed by atoms with Crippen molar-refractivity contribution in [1.29, 1.82) is 0 Å². The molecule has 0 aliphatic carbocycles. The minimum atomic E-state index is -0.262. The van der Waals surface area contributed by atoms with Gasteiger partial charge in [-0.1, -0.05) is 19.1 Å². The Labute approximate surface area is 220 Å². The molecule has 5 rings (SSSR count). The summed E-state index contributed by atoms with van der Waals surface area (Å²) in [6, 6.07) is 22.3. The van der Waals surface area contributed by atoms with Gasteiger partial charge in [-0.3, -0.25) is 4.79 Å². The highest BCUT2D eigenvalue weighted by molar-refractivity contribution is 6.03. The number of carbonyl (C=O) groups excluding carboxylic acids is 1. The van der Waals surface area contributed by atoms with Crippen LogP contribution in [0.1, 0.15) is 36.4 Å². The fraction of sp³-hybridized carbons (Fsp3) is 0.241. The molecule has 4 aromatic rings. The predicted octanol–water partition coefficient (Wildman–Crippen LogP) is 5.07. The number of hydrazone groups is 1. The van der Waals surface area contributed by atoms with Crippen molar-refractivity contribution >= 4 is 11.6 Å². The Hall–Kier alpha value is -4.66. The third-order valence-corrected chi connectivity index (χ3v) is 6.32. The van der Waals surface area contributed by atoms with E-state index in [2.05, 4.69) is 10.2 Å². The summed E-state index contributed by atoms with van der Waals surface area (Å²) in [5, 5.41) is 14.3. The van der Waals surface area contributed by atoms with Gasteiger partial charge in [-0.25, -0.2) is 5.01 Å². The summed E-state index contributed by atoms with van der Waals surface area (Å²) >= 11 is 0. The number of hydrogen-bond donors (Lipinski definition) is 0. The van der Waals surface area contributed by atoms with E-state index in [1.807, 2.05) is 67.6 Å². The largest absolute Gasteiger partial charge is 0.497 e. The number of aryl methyl sites for hydroxylation is 1. The molecule has 9 nitrogen and oxygen atoms in total. The van der Waals surface area contributed by atoms with Gasteiger partial charge in [0.2, 0.25) is 11.8 Å². The number of benzene rings is 3. The van der Waals surface area contributed by atoms with Gasteiger partial charge < -0.3 is 18.6 Å². The van der Waals surface area contributed by atoms with Crippen molar-refractivity contribution in [1.82, 2.24) is 15.2 Å². The maximum Gasteiger partial charge on any atom is 0.281 e. The van der Waals surface area contributed by atoms with E-state index in [-0.39, 0.29) is 18.6 Å². The van der Waals surface area contributed by atoms with E-state index in [0.717, 1.165) is 33.9 Å². The number of ether oxygens (including phenoxy) is 3. The average molecular weight is 513 g/mol. The van der Waals surface area contributed by atoms with Crippen molar-refractivity contribution in [3.8, 4) is 28.7 Å². The van der Waals surface area contributed by atoms with Crippen LogP contribution in [0.25, 0.3) is 11.5 Å². The average Bonchev–Trinajstić information content (AvgIpc) is 3.64. The van der Waals surface area contributed by atoms with E-state index >= 15 is 0 Å². The number of methoxy groups -OCH3 is 2. The number of hydrogen-bond acceptors (Lipinski definition) is 8. The van der Waals surface area contributed by atoms with Crippen molar-refractivity contribution in [2.24, 2.45) is 5.10 Å². The topological polar surface area (TPSA) is 99.3 Å². The van der Waals surface area contributed by atoms with Crippen LogP contribution >= 0.6 is 0 Å². The van der Waals surface area contributed by atoms with E-state index in [1.54, 1.807) is 26.4 Å². The quantitative estimate of drug-likeness (QED) is 0.309. The molecule has 9 heteroatoms. The van der Waals surface area contributed by atoms with Crippen molar-refractivity contribution in [3.63, 3.8) is 0 Å². The first-order chi connectivity index (χ1) is 18.6. The lowest BCUT2D eigenvalue weighted by Gasteiger charge is -2.22. The molecular formula is C29H28N4O5. The molecule has 0 spiro atoms. The second-order valence-corrected chi connectivity index (χ2v) is 8.67. The Bertz CT molecular complexity index is 1410. The van der Waals surface area contributed by atoms with E-state index in [4.69, 9.17) is 23.7 Å². The van der Waals surface area contributed by atoms with Crippen LogP contribution in [0.3, 0.4) is 0 Å². The van der Waals surface area contributed by atoms with E-state index in [0.29, 0.717) is 30.4 Å². The fourth-order valence-electron chi connectivity index (χ4n) is 4.20. The van der Waals surface area contributed by atoms with Crippen LogP contribution in [0.4, 0.5) is 0 Å². The smallest absolute Gasteiger partial charge is 0.281 e. The second-order valence-electron chi connectivity index (χ2n) is 8.67. The number of amides is 1. The first-order valence-corrected chi connectivity index (χ1v) is 12.3. The maximum absolute atomic E-state index is 13.3. The molecule has 0 radical (unpaired) electrons. The number of carbonyl (C=O) groups is 1. The molecule has 38 heavy (non-hydrogen) atoms. The third-order valence-electron chi connectivity index (χ3n) is 6.32. The highest BCUT2D eigenvalue weighted by Crippen LogP contribution is 2.34. The van der Waals surface area contributed by atoms with E-state index in [9.17, 15) is 4.79 Å². The predicted molar refractivity (Wildman–Crippen MR) is 141 cm³/mol. The lowest BCUT2D eigenvalue weighted by molar-refractivity contribution is -0.135. The zero-order chi connectivity index (χ0) is 26.5. The Kier molecular flexibility index (Phi) is 7.35. The Morgan fingerprint density at radius 2 is 1.47 bits per heavy atom. The normalized spacial score (nSPS) is 14.8. The van der Waals surface area contributed by atoms with Crippen LogP contribution in [-0.4, -0.2) is 47.7 Å². The third kappa shape index (κ3) is 5.36. The van der Waals surface area contributed by atoms with E-state index in [1.165, 1.54) is 5.01 Å². The molecule has 0 saturated carbocycles. The number of rotatable bonds is 9. The molecule has 1 aliphatic heterocycles. The van der Waals surface area contributed by atoms with Gasteiger partial charge in [-0.2, -0.15) is 5.10 Å². The molecule has 0 fully saturated rings. The zero-order valence-corrected chi connectivity index (χ0v) is 21.5. The van der Waals surface area contributed by atoms with Crippen molar-refractivity contribution in [3.05, 3.63) is 89.8 Å². The summed E-state index contributed by atoms with van der Waals surface area (Å²) in [6.07, 6.45) is 1.25. The molecule has 1 aromatic heterocycles. The van der Waals surface area contributed by atoms with Crippen molar-refractivity contribution < 1.29 is 23.4 Å². The van der Waals surface area contributed by atoms with Gasteiger partial charge in [0.15, 0.2) is 6.61 Å². The molecule has 1 amide bonds. The Balaban J connectivity index is 1.32. The summed E-state index contributed by atoms with van der Waals surface area (Å²) in [5.41, 5.74) is 3.49. The van der Waals surface area contributed by atoms with Gasteiger partial charge in [0, 0.05) is 18.4 Å². The Morgan fingerprint density at radius 1 is 0.868 bits per heavy atom. The lowest BCUT2D eigenvalue weighted by atomic mass is 9.98. The van der Waals surface area contributed by atoms with Gasteiger partial charge in [0.05, 0.1) is 26.0 Å². The van der Waals surface area contributed by atoms with Crippen LogP contribution in [-0.2, 0) is 11.2 Å². The van der Waals surface area contributed by atoms with Gasteiger partial charge >= 0.3 is 0 Å². The summed E-state index contributed by atoms with van der Waals surface area (Å²) < 4.78 is 22.0. The summed E-state index contributed by atoms with van der Waals surface area (Å²) in [4.78, 5) is 13.3. The van der Waals surface area contributed by atoms with Gasteiger partial charge in [0.25, 0.3) is 5.91 Å². The molecule has 0 saturated heterocycles. The second kappa shape index (κ2) is 11.2. The van der Waals surface area contributed by atoms with Crippen LogP contribution < -0.4 is 14.2 Å². The van der Waals surface area contributed by atoms with Crippen LogP contribution in [0.5, 0.6) is 17.2 Å². The van der Waals surface area contributed by atoms with Crippen LogP contribution in [0.15, 0.2) is 82.3 Å². The van der Waals surface area contributed by atoms with Crippen LogP contribution in [0.2, 0.25) is 0 Å². The zero-order valence-electron chi connectivity index (χ0n) is 21.5. The lowest BCUT2D eigenvalue weighted by Crippen LogP contribution is -2.31. The molecule has 194 valence electrons. The highest BCUT2D eigenvalue weighted by atomic mass is 16.5. The van der Waals surface area contributed by atoms with Gasteiger partial charge in [-0.15, -0.1) is 10.2 Å². The molecule has 2 heterocycles. The summed E-state index contributed by atoms with van der Waals surface area (Å²) in [7, 11) is 3.25. The standard InChI is InChI=1S/C29H28N4O5/c1-4-27-30-31-29(38-27)21-9-15-24(16-10-21)37-18-28(34)33-26(20-7-13-23(36-3)14-8-20)17-25(32-33)19-5-11-22(35-2)12-6-19/h5-16,26H,4,17-18H2,1-3H3. The molecule has 0 N–H and O–H groups in total. The molecule has 1 aliphatic rings. The minimum Gasteiger partial charge on any atom is -0.497 e. The SMILES string of the molecule is CCc1nnc(-c2ccc(OCC(=O)N3N=C(c4ccc(OC)cc4)CC3c3ccc(OC)cc3)cc2)o1.